The standard InChI is InChI=1S/C18H15ClN4S2/c19-14-5-3-13(4-6-14)16-15-7-9-25-17(15)21-18(24)23(22-16)11-12-2-1-8-20-10-12/h1-10,18,21,24H,11H2. The normalized spacial score (nSPS) is 16.6. The minimum Gasteiger partial charge on any atom is -0.347 e. The third-order valence-electron chi connectivity index (χ3n) is 3.88. The molecule has 0 amide bonds. The van der Waals surface area contributed by atoms with E-state index in [0.717, 1.165) is 27.4 Å². The first-order valence-electron chi connectivity index (χ1n) is 7.73. The lowest BCUT2D eigenvalue weighted by Gasteiger charge is -2.25. The van der Waals surface area contributed by atoms with Gasteiger partial charge in [0.25, 0.3) is 0 Å². The van der Waals surface area contributed by atoms with Gasteiger partial charge in [0, 0.05) is 28.5 Å². The van der Waals surface area contributed by atoms with Crippen LogP contribution in [0.3, 0.4) is 0 Å². The Balaban J connectivity index is 1.76. The lowest BCUT2D eigenvalue weighted by atomic mass is 10.0. The second-order valence-corrected chi connectivity index (χ2v) is 7.44. The molecule has 1 N–H and O–H groups in total. The van der Waals surface area contributed by atoms with E-state index < -0.39 is 0 Å². The Hall–Kier alpha value is -2.02. The topological polar surface area (TPSA) is 40.5 Å². The van der Waals surface area contributed by atoms with Crippen LogP contribution in [-0.4, -0.2) is 21.2 Å². The van der Waals surface area contributed by atoms with Gasteiger partial charge in [-0.3, -0.25) is 9.99 Å². The Bertz CT molecular complexity index is 893. The van der Waals surface area contributed by atoms with Gasteiger partial charge in [-0.2, -0.15) is 5.10 Å². The van der Waals surface area contributed by atoms with Crippen LogP contribution < -0.4 is 5.32 Å². The number of thiophene rings is 1. The number of nitrogens with zero attached hydrogens (tertiary/aromatic N) is 3. The molecule has 0 radical (unpaired) electrons. The van der Waals surface area contributed by atoms with Gasteiger partial charge in [-0.15, -0.1) is 24.0 Å². The van der Waals surface area contributed by atoms with E-state index in [1.165, 1.54) is 0 Å². The van der Waals surface area contributed by atoms with Gasteiger partial charge in [-0.05, 0) is 35.2 Å². The number of nitrogens with one attached hydrogen (secondary N) is 1. The number of hydrogen-bond donors (Lipinski definition) is 2. The Labute approximate surface area is 160 Å². The van der Waals surface area contributed by atoms with Crippen LogP contribution in [0.15, 0.2) is 65.3 Å². The maximum atomic E-state index is 6.04. The van der Waals surface area contributed by atoms with Crippen LogP contribution in [0.4, 0.5) is 5.00 Å². The monoisotopic (exact) mass is 386 g/mol. The highest BCUT2D eigenvalue weighted by atomic mass is 35.5. The molecule has 3 heterocycles. The zero-order valence-corrected chi connectivity index (χ0v) is 15.6. The third kappa shape index (κ3) is 3.51. The van der Waals surface area contributed by atoms with Gasteiger partial charge in [0.2, 0.25) is 0 Å². The maximum Gasteiger partial charge on any atom is 0.162 e. The summed E-state index contributed by atoms with van der Waals surface area (Å²) >= 11 is 12.4. The van der Waals surface area contributed by atoms with Crippen molar-refractivity contribution >= 4 is 46.3 Å². The molecule has 1 unspecified atom stereocenters. The summed E-state index contributed by atoms with van der Waals surface area (Å²) in [5.74, 6) is 0. The third-order valence-corrected chi connectivity index (χ3v) is 5.37. The molecule has 1 atom stereocenters. The van der Waals surface area contributed by atoms with E-state index in [1.807, 2.05) is 47.6 Å². The van der Waals surface area contributed by atoms with E-state index in [2.05, 4.69) is 21.7 Å². The van der Waals surface area contributed by atoms with Crippen molar-refractivity contribution < 1.29 is 0 Å². The number of hydrogen-bond acceptors (Lipinski definition) is 6. The Morgan fingerprint density at radius 3 is 2.80 bits per heavy atom. The molecule has 1 aliphatic heterocycles. The number of thiol groups is 1. The number of anilines is 1. The zero-order chi connectivity index (χ0) is 17.2. The summed E-state index contributed by atoms with van der Waals surface area (Å²) < 4.78 is 0. The van der Waals surface area contributed by atoms with Crippen molar-refractivity contribution in [3.63, 3.8) is 0 Å². The SMILES string of the molecule is SC1Nc2sccc2C(c2ccc(Cl)cc2)=NN1Cc1cccnc1. The number of rotatable bonds is 3. The molecule has 3 aromatic rings. The molecule has 0 saturated heterocycles. The summed E-state index contributed by atoms with van der Waals surface area (Å²) in [6, 6.07) is 13.8. The Morgan fingerprint density at radius 1 is 1.20 bits per heavy atom. The van der Waals surface area contributed by atoms with Crippen LogP contribution in [0.1, 0.15) is 16.7 Å². The Morgan fingerprint density at radius 2 is 2.04 bits per heavy atom. The molecule has 25 heavy (non-hydrogen) atoms. The Kier molecular flexibility index (Phi) is 4.65. The molecule has 0 saturated carbocycles. The maximum absolute atomic E-state index is 6.04. The first-order chi connectivity index (χ1) is 12.2. The molecule has 126 valence electrons. The lowest BCUT2D eigenvalue weighted by molar-refractivity contribution is 0.281. The van der Waals surface area contributed by atoms with Gasteiger partial charge < -0.3 is 5.32 Å². The van der Waals surface area contributed by atoms with E-state index in [0.29, 0.717) is 11.6 Å². The van der Waals surface area contributed by atoms with Crippen LogP contribution in [0.25, 0.3) is 0 Å². The minimum absolute atomic E-state index is 0.234. The summed E-state index contributed by atoms with van der Waals surface area (Å²) in [6.07, 6.45) is 3.61. The lowest BCUT2D eigenvalue weighted by Crippen LogP contribution is -2.31. The first kappa shape index (κ1) is 16.4. The van der Waals surface area contributed by atoms with Crippen molar-refractivity contribution in [3.8, 4) is 0 Å². The quantitative estimate of drug-likeness (QED) is 0.641. The summed E-state index contributed by atoms with van der Waals surface area (Å²) in [7, 11) is 0. The fourth-order valence-corrected chi connectivity index (χ4v) is 3.95. The number of fused-ring (bicyclic) bond motifs is 1. The number of hydrazone groups is 1. The van der Waals surface area contributed by atoms with Crippen molar-refractivity contribution in [1.29, 1.82) is 0 Å². The highest BCUT2D eigenvalue weighted by Gasteiger charge is 2.24. The molecular formula is C18H15ClN4S2. The molecule has 4 rings (SSSR count). The summed E-state index contributed by atoms with van der Waals surface area (Å²) in [4.78, 5) is 4.18. The van der Waals surface area contributed by atoms with Gasteiger partial charge in [0.1, 0.15) is 10.7 Å². The van der Waals surface area contributed by atoms with Gasteiger partial charge in [0.05, 0.1) is 6.54 Å². The zero-order valence-electron chi connectivity index (χ0n) is 13.1. The first-order valence-corrected chi connectivity index (χ1v) is 9.51. The van der Waals surface area contributed by atoms with Crippen LogP contribution in [-0.2, 0) is 6.54 Å². The second kappa shape index (κ2) is 7.07. The molecule has 0 spiro atoms. The van der Waals surface area contributed by atoms with E-state index in [-0.39, 0.29) is 5.50 Å². The largest absolute Gasteiger partial charge is 0.347 e. The molecule has 7 heteroatoms. The van der Waals surface area contributed by atoms with Crippen molar-refractivity contribution in [3.05, 3.63) is 82.0 Å². The van der Waals surface area contributed by atoms with Crippen molar-refractivity contribution in [2.45, 2.75) is 12.0 Å². The molecule has 0 bridgehead atoms. The van der Waals surface area contributed by atoms with Gasteiger partial charge in [0.15, 0.2) is 5.50 Å². The average Bonchev–Trinajstić information content (AvgIpc) is 3.03. The smallest absolute Gasteiger partial charge is 0.162 e. The highest BCUT2D eigenvalue weighted by Crippen LogP contribution is 2.32. The van der Waals surface area contributed by atoms with Crippen LogP contribution in [0, 0.1) is 0 Å². The van der Waals surface area contributed by atoms with Crippen LogP contribution >= 0.6 is 35.6 Å². The molecule has 0 aliphatic carbocycles. The van der Waals surface area contributed by atoms with E-state index in [9.17, 15) is 0 Å². The predicted octanol–water partition coefficient (Wildman–Crippen LogP) is 4.69. The molecule has 1 aliphatic rings. The number of aromatic nitrogens is 1. The van der Waals surface area contributed by atoms with Crippen LogP contribution in [0.5, 0.6) is 0 Å². The van der Waals surface area contributed by atoms with Crippen molar-refractivity contribution in [1.82, 2.24) is 9.99 Å². The minimum atomic E-state index is -0.234. The molecule has 4 nitrogen and oxygen atoms in total. The van der Waals surface area contributed by atoms with Crippen molar-refractivity contribution in [2.24, 2.45) is 5.10 Å². The second-order valence-electron chi connectivity index (χ2n) is 5.60. The summed E-state index contributed by atoms with van der Waals surface area (Å²) in [5, 5.41) is 14.1. The number of benzene rings is 1. The molecular weight excluding hydrogens is 372 g/mol. The summed E-state index contributed by atoms with van der Waals surface area (Å²) in [5.41, 5.74) is 3.83. The molecule has 1 aromatic carbocycles. The average molecular weight is 387 g/mol. The van der Waals surface area contributed by atoms with Gasteiger partial charge in [-0.25, -0.2) is 0 Å². The molecule has 2 aromatic heterocycles. The summed E-state index contributed by atoms with van der Waals surface area (Å²) in [6.45, 7) is 0.612. The number of halogens is 1. The predicted molar refractivity (Wildman–Crippen MR) is 108 cm³/mol. The number of pyridine rings is 1. The van der Waals surface area contributed by atoms with Crippen molar-refractivity contribution in [2.75, 3.05) is 5.32 Å². The van der Waals surface area contributed by atoms with Gasteiger partial charge >= 0.3 is 0 Å². The van der Waals surface area contributed by atoms with E-state index in [1.54, 1.807) is 17.5 Å². The fourth-order valence-electron chi connectivity index (χ4n) is 2.66. The fraction of sp³-hybridized carbons (Fsp3) is 0.111. The van der Waals surface area contributed by atoms with Crippen LogP contribution in [0.2, 0.25) is 5.02 Å². The van der Waals surface area contributed by atoms with Gasteiger partial charge in [-0.1, -0.05) is 29.8 Å². The van der Waals surface area contributed by atoms with E-state index in [4.69, 9.17) is 29.3 Å². The molecule has 0 fully saturated rings. The van der Waals surface area contributed by atoms with E-state index >= 15 is 0 Å². The highest BCUT2D eigenvalue weighted by molar-refractivity contribution is 7.81.